The van der Waals surface area contributed by atoms with E-state index in [9.17, 15) is 0 Å². The van der Waals surface area contributed by atoms with Crippen LogP contribution in [0.3, 0.4) is 0 Å². The molecule has 0 fully saturated rings. The van der Waals surface area contributed by atoms with Crippen LogP contribution < -0.4 is 10.4 Å². The summed E-state index contributed by atoms with van der Waals surface area (Å²) in [6, 6.07) is 12.0. The molecule has 0 saturated carbocycles. The van der Waals surface area contributed by atoms with Crippen LogP contribution in [0.25, 0.3) is 0 Å². The van der Waals surface area contributed by atoms with Gasteiger partial charge in [0.2, 0.25) is 5.95 Å². The standard InChI is InChI=1S/C13H16N4/c1-10-9-11(2)15-13(14-10)16-17(3)12-7-5-4-6-8-12/h4-9H,1-3H3,(H,14,15,16). The summed E-state index contributed by atoms with van der Waals surface area (Å²) in [4.78, 5) is 8.67. The summed E-state index contributed by atoms with van der Waals surface area (Å²) >= 11 is 0. The molecule has 0 atom stereocenters. The Kier molecular flexibility index (Phi) is 3.23. The molecule has 1 aromatic carbocycles. The van der Waals surface area contributed by atoms with Gasteiger partial charge in [0, 0.05) is 18.4 Å². The number of nitrogens with one attached hydrogen (secondary N) is 1. The molecule has 0 amide bonds. The highest BCUT2D eigenvalue weighted by atomic mass is 15.5. The number of aromatic nitrogens is 2. The lowest BCUT2D eigenvalue weighted by atomic mass is 10.3. The van der Waals surface area contributed by atoms with Gasteiger partial charge in [-0.05, 0) is 32.0 Å². The SMILES string of the molecule is Cc1cc(C)nc(NN(C)c2ccccc2)n1. The number of hydrogen-bond donors (Lipinski definition) is 1. The minimum atomic E-state index is 0.619. The first-order chi connectivity index (χ1) is 8.15. The average molecular weight is 228 g/mol. The van der Waals surface area contributed by atoms with E-state index < -0.39 is 0 Å². The third-order valence-corrected chi connectivity index (χ3v) is 2.39. The van der Waals surface area contributed by atoms with Gasteiger partial charge >= 0.3 is 0 Å². The van der Waals surface area contributed by atoms with E-state index in [0.29, 0.717) is 5.95 Å². The second kappa shape index (κ2) is 4.82. The highest BCUT2D eigenvalue weighted by molar-refractivity contribution is 5.49. The third kappa shape index (κ3) is 2.93. The molecule has 0 aliphatic carbocycles. The van der Waals surface area contributed by atoms with E-state index in [1.807, 2.05) is 62.3 Å². The summed E-state index contributed by atoms with van der Waals surface area (Å²) in [5.41, 5.74) is 6.14. The van der Waals surface area contributed by atoms with Gasteiger partial charge in [-0.25, -0.2) is 9.97 Å². The van der Waals surface area contributed by atoms with Gasteiger partial charge in [-0.3, -0.25) is 10.4 Å². The number of aryl methyl sites for hydroxylation is 2. The Bertz CT molecular complexity index is 476. The zero-order valence-electron chi connectivity index (χ0n) is 10.3. The summed E-state index contributed by atoms with van der Waals surface area (Å²) in [6.07, 6.45) is 0. The number of anilines is 2. The molecular weight excluding hydrogens is 212 g/mol. The number of nitrogens with zero attached hydrogens (tertiary/aromatic N) is 3. The highest BCUT2D eigenvalue weighted by Crippen LogP contribution is 2.12. The monoisotopic (exact) mass is 228 g/mol. The maximum absolute atomic E-state index is 4.34. The van der Waals surface area contributed by atoms with Gasteiger partial charge in [-0.2, -0.15) is 0 Å². The van der Waals surface area contributed by atoms with E-state index in [2.05, 4.69) is 15.4 Å². The molecule has 0 bridgehead atoms. The first-order valence-corrected chi connectivity index (χ1v) is 5.53. The molecule has 17 heavy (non-hydrogen) atoms. The van der Waals surface area contributed by atoms with Crippen molar-refractivity contribution in [2.75, 3.05) is 17.5 Å². The van der Waals surface area contributed by atoms with Crippen LogP contribution in [-0.2, 0) is 0 Å². The maximum atomic E-state index is 4.34. The van der Waals surface area contributed by atoms with Crippen molar-refractivity contribution in [3.05, 3.63) is 47.8 Å². The maximum Gasteiger partial charge on any atom is 0.242 e. The van der Waals surface area contributed by atoms with Crippen molar-refractivity contribution in [1.82, 2.24) is 9.97 Å². The molecule has 1 N–H and O–H groups in total. The Labute approximate surface area is 101 Å². The van der Waals surface area contributed by atoms with E-state index >= 15 is 0 Å². The zero-order chi connectivity index (χ0) is 12.3. The van der Waals surface area contributed by atoms with Crippen LogP contribution in [0.4, 0.5) is 11.6 Å². The fourth-order valence-electron chi connectivity index (χ4n) is 1.64. The largest absolute Gasteiger partial charge is 0.288 e. The van der Waals surface area contributed by atoms with E-state index in [0.717, 1.165) is 17.1 Å². The molecule has 0 saturated heterocycles. The van der Waals surface area contributed by atoms with Gasteiger partial charge in [0.15, 0.2) is 0 Å². The molecule has 1 aromatic heterocycles. The van der Waals surface area contributed by atoms with Crippen LogP contribution in [0.15, 0.2) is 36.4 Å². The van der Waals surface area contributed by atoms with Crippen molar-refractivity contribution < 1.29 is 0 Å². The van der Waals surface area contributed by atoms with Gasteiger partial charge in [0.25, 0.3) is 0 Å². The fourth-order valence-corrected chi connectivity index (χ4v) is 1.64. The predicted molar refractivity (Wildman–Crippen MR) is 70.0 cm³/mol. The first kappa shape index (κ1) is 11.4. The first-order valence-electron chi connectivity index (χ1n) is 5.53. The lowest BCUT2D eigenvalue weighted by molar-refractivity contribution is 0.985. The van der Waals surface area contributed by atoms with Gasteiger partial charge in [0.05, 0.1) is 5.69 Å². The molecule has 2 rings (SSSR count). The molecular formula is C13H16N4. The number of para-hydroxylation sites is 1. The normalized spacial score (nSPS) is 10.1. The predicted octanol–water partition coefficient (Wildman–Crippen LogP) is 2.56. The van der Waals surface area contributed by atoms with Crippen molar-refractivity contribution in [3.63, 3.8) is 0 Å². The Balaban J connectivity index is 2.16. The topological polar surface area (TPSA) is 41.1 Å². The lowest BCUT2D eigenvalue weighted by Crippen LogP contribution is -2.26. The fraction of sp³-hybridized carbons (Fsp3) is 0.231. The number of hydrazine groups is 1. The van der Waals surface area contributed by atoms with Gasteiger partial charge in [-0.1, -0.05) is 18.2 Å². The van der Waals surface area contributed by atoms with Gasteiger partial charge in [-0.15, -0.1) is 0 Å². The zero-order valence-corrected chi connectivity index (χ0v) is 10.3. The summed E-state index contributed by atoms with van der Waals surface area (Å²) in [6.45, 7) is 3.92. The van der Waals surface area contributed by atoms with Crippen LogP contribution in [0.1, 0.15) is 11.4 Å². The summed E-state index contributed by atoms with van der Waals surface area (Å²) in [5.74, 6) is 0.619. The quantitative estimate of drug-likeness (QED) is 0.820. The minimum absolute atomic E-state index is 0.619. The van der Waals surface area contributed by atoms with Crippen LogP contribution in [0, 0.1) is 13.8 Å². The second-order valence-corrected chi connectivity index (χ2v) is 3.98. The Morgan fingerprint density at radius 1 is 1.00 bits per heavy atom. The van der Waals surface area contributed by atoms with E-state index in [4.69, 9.17) is 0 Å². The van der Waals surface area contributed by atoms with Crippen molar-refractivity contribution in [1.29, 1.82) is 0 Å². The van der Waals surface area contributed by atoms with Gasteiger partial charge < -0.3 is 0 Å². The molecule has 0 spiro atoms. The van der Waals surface area contributed by atoms with Crippen molar-refractivity contribution in [2.24, 2.45) is 0 Å². The molecule has 0 unspecified atom stereocenters. The van der Waals surface area contributed by atoms with Crippen molar-refractivity contribution in [3.8, 4) is 0 Å². The third-order valence-electron chi connectivity index (χ3n) is 2.39. The van der Waals surface area contributed by atoms with Crippen LogP contribution >= 0.6 is 0 Å². The van der Waals surface area contributed by atoms with Crippen LogP contribution in [0.5, 0.6) is 0 Å². The summed E-state index contributed by atoms with van der Waals surface area (Å²) in [7, 11) is 1.94. The minimum Gasteiger partial charge on any atom is -0.288 e. The van der Waals surface area contributed by atoms with E-state index in [1.165, 1.54) is 0 Å². The molecule has 1 heterocycles. The molecule has 0 radical (unpaired) electrons. The number of benzene rings is 1. The Morgan fingerprint density at radius 3 is 2.18 bits per heavy atom. The Morgan fingerprint density at radius 2 is 1.59 bits per heavy atom. The van der Waals surface area contributed by atoms with Crippen LogP contribution in [-0.4, -0.2) is 17.0 Å². The molecule has 0 aliphatic heterocycles. The summed E-state index contributed by atoms with van der Waals surface area (Å²) in [5, 5.41) is 1.90. The molecule has 88 valence electrons. The smallest absolute Gasteiger partial charge is 0.242 e. The molecule has 2 aromatic rings. The summed E-state index contributed by atoms with van der Waals surface area (Å²) < 4.78 is 0. The number of hydrogen-bond acceptors (Lipinski definition) is 4. The van der Waals surface area contributed by atoms with E-state index in [-0.39, 0.29) is 0 Å². The lowest BCUT2D eigenvalue weighted by Gasteiger charge is -2.20. The Hall–Kier alpha value is -2.10. The highest BCUT2D eigenvalue weighted by Gasteiger charge is 2.03. The van der Waals surface area contributed by atoms with Crippen molar-refractivity contribution in [2.45, 2.75) is 13.8 Å². The number of rotatable bonds is 3. The molecule has 4 heteroatoms. The molecule has 4 nitrogen and oxygen atoms in total. The van der Waals surface area contributed by atoms with Crippen molar-refractivity contribution >= 4 is 11.6 Å². The second-order valence-electron chi connectivity index (χ2n) is 3.98. The van der Waals surface area contributed by atoms with Crippen LogP contribution in [0.2, 0.25) is 0 Å². The molecule has 0 aliphatic rings. The average Bonchev–Trinajstić information content (AvgIpc) is 2.28. The van der Waals surface area contributed by atoms with Gasteiger partial charge in [0.1, 0.15) is 0 Å². The van der Waals surface area contributed by atoms with E-state index in [1.54, 1.807) is 0 Å².